The number of hydrogen-bond acceptors (Lipinski definition) is 10. The predicted octanol–water partition coefficient (Wildman–Crippen LogP) is 5.72. The summed E-state index contributed by atoms with van der Waals surface area (Å²) in [5, 5.41) is 11.8. The number of anilines is 1. The lowest BCUT2D eigenvalue weighted by Gasteiger charge is -2.65. The highest BCUT2D eigenvalue weighted by atomic mass is 35.5. The Balaban J connectivity index is 0.710. The summed E-state index contributed by atoms with van der Waals surface area (Å²) in [6.07, 6.45) is 3.90. The Morgan fingerprint density at radius 2 is 1.56 bits per heavy atom. The molecule has 3 saturated heterocycles. The zero-order chi connectivity index (χ0) is 44.3. The summed E-state index contributed by atoms with van der Waals surface area (Å²) < 4.78 is 21.9. The number of nitriles is 1. The van der Waals surface area contributed by atoms with Crippen LogP contribution in [0, 0.1) is 51.2 Å². The fraction of sp³-hybridized carbons (Fsp3) is 0.479. The highest BCUT2D eigenvalue weighted by Crippen LogP contribution is 2.59. The van der Waals surface area contributed by atoms with Crippen LogP contribution in [-0.4, -0.2) is 99.6 Å². The van der Waals surface area contributed by atoms with Crippen LogP contribution in [0.15, 0.2) is 42.5 Å². The molecule has 1 N–H and O–H groups in total. The first-order valence-electron chi connectivity index (χ1n) is 21.7. The number of hydrogen-bond donors (Lipinski definition) is 1. The Bertz CT molecular complexity index is 2630. The number of fused-ring (bicyclic) bond motifs is 2. The maximum atomic E-state index is 15.4. The molecule has 5 amide bonds. The summed E-state index contributed by atoms with van der Waals surface area (Å²) in [6.45, 7) is 12.0. The zero-order valence-corrected chi connectivity index (χ0v) is 36.4. The molecule has 2 aliphatic carbocycles. The number of aromatic nitrogens is 1. The zero-order valence-electron chi connectivity index (χ0n) is 35.6. The SMILES string of the molecule is CC1(C)C(Oc2ccc(C#N)c(Cl)c2)C(C)(C)C1N1Cc2nc(C#CC3CCC(N4CC5(CN(c6cc7c(cc6F)C(=O)N(C6CCC(=O)NC6=O)C7=O)C5)C4)CC3)ccc2C1=O. The highest BCUT2D eigenvalue weighted by Gasteiger charge is 2.67. The minimum Gasteiger partial charge on any atom is -0.489 e. The van der Waals surface area contributed by atoms with Gasteiger partial charge in [-0.1, -0.05) is 45.2 Å². The van der Waals surface area contributed by atoms with Crippen molar-refractivity contribution in [3.8, 4) is 23.7 Å². The number of rotatable bonds is 6. The molecule has 6 heterocycles. The van der Waals surface area contributed by atoms with Gasteiger partial charge in [-0.15, -0.1) is 0 Å². The van der Waals surface area contributed by atoms with Gasteiger partial charge in [0.2, 0.25) is 11.8 Å². The van der Waals surface area contributed by atoms with Gasteiger partial charge in [0.05, 0.1) is 45.2 Å². The van der Waals surface area contributed by atoms with E-state index in [1.165, 1.54) is 6.07 Å². The van der Waals surface area contributed by atoms with E-state index in [2.05, 4.69) is 55.8 Å². The van der Waals surface area contributed by atoms with Crippen LogP contribution in [0.5, 0.6) is 5.75 Å². The van der Waals surface area contributed by atoms with Crippen LogP contribution in [0.2, 0.25) is 5.02 Å². The topological polar surface area (TPSA) is 156 Å². The molecular formula is C48H47ClFN7O6. The number of imide groups is 2. The Kier molecular flexibility index (Phi) is 9.55. The third kappa shape index (κ3) is 6.59. The van der Waals surface area contributed by atoms with Crippen molar-refractivity contribution < 1.29 is 33.1 Å². The van der Waals surface area contributed by atoms with E-state index in [4.69, 9.17) is 21.3 Å². The summed E-state index contributed by atoms with van der Waals surface area (Å²) in [5.41, 5.74) is 2.01. The van der Waals surface area contributed by atoms with E-state index in [-0.39, 0.29) is 69.9 Å². The molecule has 3 aromatic rings. The second-order valence-electron chi connectivity index (χ2n) is 19.8. The van der Waals surface area contributed by atoms with Gasteiger partial charge in [-0.3, -0.25) is 39.1 Å². The standard InChI is InChI=1S/C48H47ClFN7O6/c1-46(2)44(47(3,4)45(46)63-30-13-8-27(20-51)34(49)17-30)56-21-36-31(41(56)60)14-10-28(52-36)9-5-26-6-11-29(12-7-26)54-22-48(23-54)24-55(25-48)38-19-33-32(18-35(38)50)42(61)57(43(33)62)37-15-16-39(58)53-40(37)59/h8,10,13-14,17-19,26,29,37,44-45H,6-7,11-12,15-16,21-25H2,1-4H3,(H,53,58,59). The Labute approximate surface area is 369 Å². The number of likely N-dealkylation sites (tertiary alicyclic amines) is 1. The maximum Gasteiger partial charge on any atom is 0.262 e. The molecule has 5 fully saturated rings. The van der Waals surface area contributed by atoms with Crippen molar-refractivity contribution in [1.82, 2.24) is 25.0 Å². The van der Waals surface area contributed by atoms with Gasteiger partial charge >= 0.3 is 0 Å². The summed E-state index contributed by atoms with van der Waals surface area (Å²) in [6, 6.07) is 12.7. The second-order valence-corrected chi connectivity index (χ2v) is 20.2. The summed E-state index contributed by atoms with van der Waals surface area (Å²) >= 11 is 6.29. The molecule has 15 heteroatoms. The minimum atomic E-state index is -1.10. The third-order valence-electron chi connectivity index (χ3n) is 14.8. The third-order valence-corrected chi connectivity index (χ3v) is 15.1. The van der Waals surface area contributed by atoms with Gasteiger partial charge in [0.15, 0.2) is 0 Å². The highest BCUT2D eigenvalue weighted by molar-refractivity contribution is 6.31. The van der Waals surface area contributed by atoms with Crippen molar-refractivity contribution >= 4 is 46.8 Å². The first kappa shape index (κ1) is 41.2. The maximum absolute atomic E-state index is 15.4. The largest absolute Gasteiger partial charge is 0.489 e. The fourth-order valence-corrected chi connectivity index (χ4v) is 12.4. The number of halogens is 2. The molecule has 1 aromatic heterocycles. The lowest BCUT2D eigenvalue weighted by atomic mass is 9.49. The van der Waals surface area contributed by atoms with Crippen LogP contribution in [0.3, 0.4) is 0 Å². The van der Waals surface area contributed by atoms with E-state index in [1.54, 1.807) is 18.2 Å². The Morgan fingerprint density at radius 1 is 0.857 bits per heavy atom. The molecule has 1 unspecified atom stereocenters. The van der Waals surface area contributed by atoms with Crippen molar-refractivity contribution in [3.05, 3.63) is 86.9 Å². The van der Waals surface area contributed by atoms with E-state index in [1.807, 2.05) is 21.9 Å². The molecule has 0 radical (unpaired) electrons. The molecule has 7 aliphatic rings. The summed E-state index contributed by atoms with van der Waals surface area (Å²) in [5.74, 6) is 4.52. The van der Waals surface area contributed by atoms with Gasteiger partial charge in [0.1, 0.15) is 35.5 Å². The number of carbonyl (C=O) groups is 5. The van der Waals surface area contributed by atoms with Gasteiger partial charge < -0.3 is 14.5 Å². The number of nitrogens with one attached hydrogen (secondary N) is 1. The number of carbonyl (C=O) groups excluding carboxylic acids is 5. The molecule has 13 nitrogen and oxygen atoms in total. The van der Waals surface area contributed by atoms with Gasteiger partial charge in [0.25, 0.3) is 17.7 Å². The first-order valence-corrected chi connectivity index (χ1v) is 22.1. The average molecular weight is 872 g/mol. The van der Waals surface area contributed by atoms with Gasteiger partial charge in [-0.2, -0.15) is 5.26 Å². The first-order chi connectivity index (χ1) is 30.0. The molecule has 2 aromatic carbocycles. The van der Waals surface area contributed by atoms with Crippen molar-refractivity contribution in [1.29, 1.82) is 5.26 Å². The number of benzene rings is 2. The van der Waals surface area contributed by atoms with Crippen molar-refractivity contribution in [2.24, 2.45) is 22.2 Å². The normalized spacial score (nSPS) is 27.7. The summed E-state index contributed by atoms with van der Waals surface area (Å²) in [7, 11) is 0. The van der Waals surface area contributed by atoms with Crippen LogP contribution < -0.4 is 15.0 Å². The Morgan fingerprint density at radius 3 is 2.22 bits per heavy atom. The quantitative estimate of drug-likeness (QED) is 0.240. The molecule has 10 rings (SSSR count). The van der Waals surface area contributed by atoms with Gasteiger partial charge in [-0.25, -0.2) is 9.37 Å². The molecule has 5 aliphatic heterocycles. The van der Waals surface area contributed by atoms with E-state index in [0.29, 0.717) is 53.3 Å². The smallest absolute Gasteiger partial charge is 0.262 e. The van der Waals surface area contributed by atoms with Crippen molar-refractivity contribution in [2.75, 3.05) is 31.1 Å². The predicted molar refractivity (Wildman–Crippen MR) is 228 cm³/mol. The minimum absolute atomic E-state index is 0.0173. The summed E-state index contributed by atoms with van der Waals surface area (Å²) in [4.78, 5) is 76.4. The molecule has 0 bridgehead atoms. The monoisotopic (exact) mass is 871 g/mol. The van der Waals surface area contributed by atoms with Gasteiger partial charge in [-0.05, 0) is 74.4 Å². The van der Waals surface area contributed by atoms with E-state index >= 15 is 4.39 Å². The van der Waals surface area contributed by atoms with E-state index < -0.39 is 35.5 Å². The van der Waals surface area contributed by atoms with Gasteiger partial charge in [0, 0.05) is 72.9 Å². The number of piperidine rings is 1. The number of pyridine rings is 1. The lowest BCUT2D eigenvalue weighted by molar-refractivity contribution is -0.199. The van der Waals surface area contributed by atoms with E-state index in [0.717, 1.165) is 55.4 Å². The van der Waals surface area contributed by atoms with Crippen LogP contribution in [0.25, 0.3) is 0 Å². The molecule has 324 valence electrons. The van der Waals surface area contributed by atoms with Crippen molar-refractivity contribution in [3.63, 3.8) is 0 Å². The average Bonchev–Trinajstić information content (AvgIpc) is 3.64. The molecule has 63 heavy (non-hydrogen) atoms. The van der Waals surface area contributed by atoms with Crippen molar-refractivity contribution in [2.45, 2.75) is 97.0 Å². The number of nitrogens with zero attached hydrogens (tertiary/aromatic N) is 6. The van der Waals surface area contributed by atoms with E-state index in [9.17, 15) is 29.2 Å². The fourth-order valence-electron chi connectivity index (χ4n) is 12.2. The van der Waals surface area contributed by atoms with Crippen LogP contribution in [0.4, 0.5) is 10.1 Å². The van der Waals surface area contributed by atoms with Crippen LogP contribution >= 0.6 is 11.6 Å². The lowest BCUT2D eigenvalue weighted by Crippen LogP contribution is -2.74. The molecular weight excluding hydrogens is 825 g/mol. The molecule has 1 spiro atoms. The molecule has 1 atom stereocenters. The van der Waals surface area contributed by atoms with Crippen LogP contribution in [0.1, 0.15) is 114 Å². The number of ether oxygens (including phenoxy) is 1. The van der Waals surface area contributed by atoms with Crippen LogP contribution in [-0.2, 0) is 16.1 Å². The number of amides is 5. The Hall–Kier alpha value is -5.83. The molecule has 2 saturated carbocycles. The second kappa shape index (κ2) is 14.6.